The summed E-state index contributed by atoms with van der Waals surface area (Å²) in [7, 11) is 1.64. The number of ether oxygens (including phenoxy) is 1. The van der Waals surface area contributed by atoms with E-state index >= 15 is 0 Å². The molecule has 2 unspecified atom stereocenters. The molecule has 2 rings (SSSR count). The standard InChI is InChI=1S/C19H28N2O3/c1-13(20-18(23)19(2,3)4)17(22)21-12-6-7-16(21)14-8-10-15(24-5)11-9-14/h8-11,13,16H,6-7,12H2,1-5H3,(H,20,23). The van der Waals surface area contributed by atoms with Crippen LogP contribution in [0.5, 0.6) is 5.75 Å². The number of benzene rings is 1. The molecular formula is C19H28N2O3. The maximum atomic E-state index is 12.8. The molecule has 1 fully saturated rings. The Hall–Kier alpha value is -2.04. The van der Waals surface area contributed by atoms with E-state index in [1.54, 1.807) is 14.0 Å². The molecule has 0 aliphatic carbocycles. The van der Waals surface area contributed by atoms with Crippen LogP contribution in [0.2, 0.25) is 0 Å². The Bertz CT molecular complexity index is 590. The highest BCUT2D eigenvalue weighted by Crippen LogP contribution is 2.33. The van der Waals surface area contributed by atoms with Gasteiger partial charge in [0.2, 0.25) is 11.8 Å². The van der Waals surface area contributed by atoms with Crippen molar-refractivity contribution in [1.82, 2.24) is 10.2 Å². The Morgan fingerprint density at radius 1 is 1.25 bits per heavy atom. The lowest BCUT2D eigenvalue weighted by atomic mass is 9.95. The molecule has 0 saturated carbocycles. The van der Waals surface area contributed by atoms with Crippen LogP contribution in [0.25, 0.3) is 0 Å². The lowest BCUT2D eigenvalue weighted by Crippen LogP contribution is -2.49. The first-order valence-electron chi connectivity index (χ1n) is 8.49. The van der Waals surface area contributed by atoms with Crippen LogP contribution in [-0.2, 0) is 9.59 Å². The first kappa shape index (κ1) is 18.3. The molecule has 1 saturated heterocycles. The average molecular weight is 332 g/mol. The lowest BCUT2D eigenvalue weighted by Gasteiger charge is -2.29. The Balaban J connectivity index is 2.08. The zero-order chi connectivity index (χ0) is 17.9. The highest BCUT2D eigenvalue weighted by Gasteiger charge is 2.34. The van der Waals surface area contributed by atoms with Gasteiger partial charge in [-0.05, 0) is 37.5 Å². The predicted octanol–water partition coefficient (Wildman–Crippen LogP) is 2.91. The van der Waals surface area contributed by atoms with Gasteiger partial charge in [-0.25, -0.2) is 0 Å². The number of carbonyl (C=O) groups excluding carboxylic acids is 2. The van der Waals surface area contributed by atoms with Gasteiger partial charge in [-0.1, -0.05) is 32.9 Å². The molecule has 1 aromatic carbocycles. The van der Waals surface area contributed by atoms with E-state index in [1.165, 1.54) is 0 Å². The van der Waals surface area contributed by atoms with Crippen LogP contribution in [0.1, 0.15) is 52.1 Å². The summed E-state index contributed by atoms with van der Waals surface area (Å²) in [6, 6.07) is 7.40. The zero-order valence-electron chi connectivity index (χ0n) is 15.3. The number of nitrogens with zero attached hydrogens (tertiary/aromatic N) is 1. The summed E-state index contributed by atoms with van der Waals surface area (Å²) in [5.74, 6) is 0.676. The van der Waals surface area contributed by atoms with Crippen molar-refractivity contribution in [3.05, 3.63) is 29.8 Å². The van der Waals surface area contributed by atoms with Gasteiger partial charge < -0.3 is 15.0 Å². The van der Waals surface area contributed by atoms with E-state index in [2.05, 4.69) is 5.32 Å². The lowest BCUT2D eigenvalue weighted by molar-refractivity contribution is -0.138. The van der Waals surface area contributed by atoms with Crippen LogP contribution in [0.4, 0.5) is 0 Å². The summed E-state index contributed by atoms with van der Waals surface area (Å²) in [4.78, 5) is 26.8. The first-order chi connectivity index (χ1) is 11.2. The summed E-state index contributed by atoms with van der Waals surface area (Å²) >= 11 is 0. The van der Waals surface area contributed by atoms with Gasteiger partial charge in [-0.2, -0.15) is 0 Å². The molecule has 1 aromatic rings. The van der Waals surface area contributed by atoms with Crippen LogP contribution in [0.15, 0.2) is 24.3 Å². The van der Waals surface area contributed by atoms with E-state index in [1.807, 2.05) is 49.9 Å². The molecule has 0 radical (unpaired) electrons. The average Bonchev–Trinajstić information content (AvgIpc) is 3.02. The summed E-state index contributed by atoms with van der Waals surface area (Å²) in [6.45, 7) is 8.02. The predicted molar refractivity (Wildman–Crippen MR) is 93.7 cm³/mol. The first-order valence-corrected chi connectivity index (χ1v) is 8.49. The van der Waals surface area contributed by atoms with Gasteiger partial charge in [0, 0.05) is 12.0 Å². The fraction of sp³-hybridized carbons (Fsp3) is 0.579. The summed E-state index contributed by atoms with van der Waals surface area (Å²) in [5.41, 5.74) is 0.602. The summed E-state index contributed by atoms with van der Waals surface area (Å²) in [6.07, 6.45) is 1.92. The van der Waals surface area contributed by atoms with Crippen LogP contribution < -0.4 is 10.1 Å². The quantitative estimate of drug-likeness (QED) is 0.922. The SMILES string of the molecule is COc1ccc(C2CCCN2C(=O)C(C)NC(=O)C(C)(C)C)cc1. The number of carbonyl (C=O) groups is 2. The molecule has 24 heavy (non-hydrogen) atoms. The number of rotatable bonds is 4. The van der Waals surface area contributed by atoms with Crippen LogP contribution in [0, 0.1) is 5.41 Å². The number of nitrogens with one attached hydrogen (secondary N) is 1. The van der Waals surface area contributed by atoms with Crippen molar-refractivity contribution in [3.8, 4) is 5.75 Å². The molecule has 1 aliphatic heterocycles. The van der Waals surface area contributed by atoms with Crippen LogP contribution in [-0.4, -0.2) is 36.4 Å². The largest absolute Gasteiger partial charge is 0.497 e. The molecule has 1 aliphatic rings. The molecule has 132 valence electrons. The molecule has 2 amide bonds. The monoisotopic (exact) mass is 332 g/mol. The molecule has 0 bridgehead atoms. The maximum Gasteiger partial charge on any atom is 0.245 e. The Kier molecular flexibility index (Phi) is 5.52. The van der Waals surface area contributed by atoms with Crippen molar-refractivity contribution < 1.29 is 14.3 Å². The number of likely N-dealkylation sites (tertiary alicyclic amines) is 1. The Morgan fingerprint density at radius 2 is 1.88 bits per heavy atom. The smallest absolute Gasteiger partial charge is 0.245 e. The number of hydrogen-bond acceptors (Lipinski definition) is 3. The molecule has 1 heterocycles. The van der Waals surface area contributed by atoms with Crippen LogP contribution >= 0.6 is 0 Å². The third-order valence-electron chi connectivity index (χ3n) is 4.44. The van der Waals surface area contributed by atoms with Gasteiger partial charge in [0.1, 0.15) is 11.8 Å². The van der Waals surface area contributed by atoms with E-state index in [-0.39, 0.29) is 17.9 Å². The number of methoxy groups -OCH3 is 1. The van der Waals surface area contributed by atoms with E-state index in [9.17, 15) is 9.59 Å². The highest BCUT2D eigenvalue weighted by atomic mass is 16.5. The van der Waals surface area contributed by atoms with E-state index in [4.69, 9.17) is 4.74 Å². The van der Waals surface area contributed by atoms with E-state index < -0.39 is 11.5 Å². The van der Waals surface area contributed by atoms with Crippen molar-refractivity contribution >= 4 is 11.8 Å². The Morgan fingerprint density at radius 3 is 2.42 bits per heavy atom. The molecule has 0 spiro atoms. The summed E-state index contributed by atoms with van der Waals surface area (Å²) in [5, 5.41) is 2.84. The molecule has 5 nitrogen and oxygen atoms in total. The van der Waals surface area contributed by atoms with Gasteiger partial charge in [-0.15, -0.1) is 0 Å². The van der Waals surface area contributed by atoms with Crippen molar-refractivity contribution in [2.45, 2.75) is 52.6 Å². The minimum atomic E-state index is -0.518. The van der Waals surface area contributed by atoms with Gasteiger partial charge in [0.25, 0.3) is 0 Å². The third kappa shape index (κ3) is 4.08. The van der Waals surface area contributed by atoms with Gasteiger partial charge in [-0.3, -0.25) is 9.59 Å². The second kappa shape index (κ2) is 7.24. The molecule has 1 N–H and O–H groups in total. The zero-order valence-corrected chi connectivity index (χ0v) is 15.3. The normalized spacial score (nSPS) is 19.0. The van der Waals surface area contributed by atoms with Gasteiger partial charge >= 0.3 is 0 Å². The second-order valence-corrected chi connectivity index (χ2v) is 7.41. The third-order valence-corrected chi connectivity index (χ3v) is 4.44. The minimum absolute atomic E-state index is 0.0223. The fourth-order valence-electron chi connectivity index (χ4n) is 2.93. The van der Waals surface area contributed by atoms with Crippen molar-refractivity contribution in [1.29, 1.82) is 0 Å². The molecule has 5 heteroatoms. The minimum Gasteiger partial charge on any atom is -0.497 e. The van der Waals surface area contributed by atoms with E-state index in [0.717, 1.165) is 30.7 Å². The molecule has 2 atom stereocenters. The van der Waals surface area contributed by atoms with Crippen molar-refractivity contribution in [3.63, 3.8) is 0 Å². The molecular weight excluding hydrogens is 304 g/mol. The summed E-state index contributed by atoms with van der Waals surface area (Å²) < 4.78 is 5.19. The van der Waals surface area contributed by atoms with Crippen molar-refractivity contribution in [2.75, 3.05) is 13.7 Å². The van der Waals surface area contributed by atoms with E-state index in [0.29, 0.717) is 0 Å². The topological polar surface area (TPSA) is 58.6 Å². The van der Waals surface area contributed by atoms with Gasteiger partial charge in [0.05, 0.1) is 13.2 Å². The second-order valence-electron chi connectivity index (χ2n) is 7.41. The Labute approximate surface area is 144 Å². The fourth-order valence-corrected chi connectivity index (χ4v) is 2.93. The van der Waals surface area contributed by atoms with Gasteiger partial charge in [0.15, 0.2) is 0 Å². The van der Waals surface area contributed by atoms with Crippen molar-refractivity contribution in [2.24, 2.45) is 5.41 Å². The molecule has 0 aromatic heterocycles. The van der Waals surface area contributed by atoms with Crippen LogP contribution in [0.3, 0.4) is 0 Å². The maximum absolute atomic E-state index is 12.8. The number of amides is 2. The highest BCUT2D eigenvalue weighted by molar-refractivity contribution is 5.89. The number of hydrogen-bond donors (Lipinski definition) is 1.